The van der Waals surface area contributed by atoms with Crippen LogP contribution in [0.2, 0.25) is 0 Å². The molecule has 0 heterocycles. The van der Waals surface area contributed by atoms with Gasteiger partial charge in [0.25, 0.3) is 0 Å². The molecule has 0 saturated carbocycles. The summed E-state index contributed by atoms with van der Waals surface area (Å²) in [5, 5.41) is 8.51. The molecule has 0 aromatic heterocycles. The molecule has 148 valence electrons. The summed E-state index contributed by atoms with van der Waals surface area (Å²) < 4.78 is 0. The second-order valence-electron chi connectivity index (χ2n) is 6.88. The largest absolute Gasteiger partial charge is 0.481 e. The van der Waals surface area contributed by atoms with E-state index in [0.717, 1.165) is 12.8 Å². The number of rotatable bonds is 15. The molecule has 26 heavy (non-hydrogen) atoms. The van der Waals surface area contributed by atoms with E-state index in [1.807, 2.05) is 36.4 Å². The van der Waals surface area contributed by atoms with E-state index < -0.39 is 5.97 Å². The molecule has 0 aliphatic carbocycles. The molecule has 0 fully saturated rings. The predicted octanol–water partition coefficient (Wildman–Crippen LogP) is 7.80. The molecular weight excluding hydrogens is 320 g/mol. The Morgan fingerprint density at radius 2 is 1.04 bits per heavy atom. The molecule has 2 heteroatoms. The van der Waals surface area contributed by atoms with Crippen LogP contribution in [-0.2, 0) is 4.79 Å². The van der Waals surface area contributed by atoms with Crippen LogP contribution in [0.25, 0.3) is 0 Å². The van der Waals surface area contributed by atoms with Crippen molar-refractivity contribution in [1.82, 2.24) is 0 Å². The molecule has 0 atom stereocenters. The van der Waals surface area contributed by atoms with Gasteiger partial charge in [0, 0.05) is 6.42 Å². The van der Waals surface area contributed by atoms with Crippen LogP contribution < -0.4 is 0 Å². The highest BCUT2D eigenvalue weighted by Gasteiger charge is 1.95. The van der Waals surface area contributed by atoms with E-state index in [-0.39, 0.29) is 0 Å². The fraction of sp³-hybridized carbons (Fsp3) is 0.625. The lowest BCUT2D eigenvalue weighted by Crippen LogP contribution is -1.93. The zero-order chi connectivity index (χ0) is 19.1. The van der Waals surface area contributed by atoms with Crippen molar-refractivity contribution in [3.05, 3.63) is 48.6 Å². The number of unbranched alkanes of at least 4 members (excludes halogenated alkanes) is 11. The maximum atomic E-state index is 10.3. The van der Waals surface area contributed by atoms with Crippen LogP contribution in [0.4, 0.5) is 0 Å². The molecule has 0 amide bonds. The Balaban J connectivity index is 0.000000867. The van der Waals surface area contributed by atoms with Gasteiger partial charge in [0.1, 0.15) is 0 Å². The molecule has 2 nitrogen and oxygen atoms in total. The zero-order valence-electron chi connectivity index (χ0n) is 16.9. The van der Waals surface area contributed by atoms with Crippen molar-refractivity contribution in [2.45, 2.75) is 96.8 Å². The van der Waals surface area contributed by atoms with Gasteiger partial charge in [-0.3, -0.25) is 4.79 Å². The minimum atomic E-state index is -0.664. The Kier molecular flexibility index (Phi) is 20.2. The van der Waals surface area contributed by atoms with E-state index in [9.17, 15) is 4.79 Å². The monoisotopic (exact) mass is 360 g/mol. The molecule has 1 aromatic rings. The third kappa shape index (κ3) is 22.4. The van der Waals surface area contributed by atoms with E-state index in [2.05, 4.69) is 19.1 Å². The summed E-state index contributed by atoms with van der Waals surface area (Å²) in [5.74, 6) is -0.664. The summed E-state index contributed by atoms with van der Waals surface area (Å²) in [6.07, 6.45) is 21.2. The van der Waals surface area contributed by atoms with E-state index in [1.165, 1.54) is 70.6 Å². The lowest BCUT2D eigenvalue weighted by molar-refractivity contribution is -0.137. The lowest BCUT2D eigenvalue weighted by atomic mass is 10.1. The highest BCUT2D eigenvalue weighted by molar-refractivity contribution is 5.66. The molecule has 0 bridgehead atoms. The highest BCUT2D eigenvalue weighted by Crippen LogP contribution is 2.09. The van der Waals surface area contributed by atoms with Gasteiger partial charge >= 0.3 is 5.97 Å². The van der Waals surface area contributed by atoms with E-state index in [4.69, 9.17) is 5.11 Å². The van der Waals surface area contributed by atoms with Crippen LogP contribution >= 0.6 is 0 Å². The molecule has 0 aliphatic rings. The van der Waals surface area contributed by atoms with Crippen molar-refractivity contribution >= 4 is 5.97 Å². The van der Waals surface area contributed by atoms with Crippen molar-refractivity contribution in [1.29, 1.82) is 0 Å². The first-order valence-corrected chi connectivity index (χ1v) is 10.6. The maximum absolute atomic E-state index is 10.3. The van der Waals surface area contributed by atoms with Crippen LogP contribution in [0.1, 0.15) is 96.8 Å². The number of carboxylic acids is 1. The summed E-state index contributed by atoms with van der Waals surface area (Å²) in [7, 11) is 0. The highest BCUT2D eigenvalue weighted by atomic mass is 16.4. The molecule has 0 unspecified atom stereocenters. The third-order valence-corrected chi connectivity index (χ3v) is 4.32. The molecule has 0 spiro atoms. The summed E-state index contributed by atoms with van der Waals surface area (Å²) in [6, 6.07) is 12.0. The van der Waals surface area contributed by atoms with Crippen LogP contribution in [-0.4, -0.2) is 11.1 Å². The Labute approximate surface area is 161 Å². The van der Waals surface area contributed by atoms with Crippen molar-refractivity contribution in [3.8, 4) is 0 Å². The van der Waals surface area contributed by atoms with Gasteiger partial charge in [0.15, 0.2) is 0 Å². The zero-order valence-corrected chi connectivity index (χ0v) is 16.9. The Hall–Kier alpha value is -1.57. The predicted molar refractivity (Wildman–Crippen MR) is 114 cm³/mol. The second-order valence-corrected chi connectivity index (χ2v) is 6.88. The first-order valence-electron chi connectivity index (χ1n) is 10.6. The number of carboxylic acid groups (broad SMARTS) is 1. The molecular formula is C24H40O2. The summed E-state index contributed by atoms with van der Waals surface area (Å²) in [5.41, 5.74) is 0. The Bertz CT molecular complexity index is 385. The molecule has 1 N–H and O–H groups in total. The smallest absolute Gasteiger partial charge is 0.303 e. The number of allylic oxidation sites excluding steroid dienone is 2. The fourth-order valence-electron chi connectivity index (χ4n) is 2.73. The van der Waals surface area contributed by atoms with Crippen molar-refractivity contribution < 1.29 is 9.90 Å². The number of hydrogen-bond acceptors (Lipinski definition) is 1. The average Bonchev–Trinajstić information content (AvgIpc) is 2.66. The number of hydrogen-bond donors (Lipinski definition) is 1. The van der Waals surface area contributed by atoms with Crippen molar-refractivity contribution in [3.63, 3.8) is 0 Å². The fourth-order valence-corrected chi connectivity index (χ4v) is 2.73. The summed E-state index contributed by atoms with van der Waals surface area (Å²) in [6.45, 7) is 2.26. The van der Waals surface area contributed by atoms with Crippen LogP contribution in [0.3, 0.4) is 0 Å². The van der Waals surface area contributed by atoms with Crippen LogP contribution in [0.5, 0.6) is 0 Å². The number of carbonyl (C=O) groups is 1. The standard InChI is InChI=1S/C18H34O2.C6H6/c1-2-3-4-5-6-7-8-9-10-11-12-13-14-15-16-17-18(19)20;1-2-4-6-5-3-1/h9-10H,2-8,11-17H2,1H3,(H,19,20);1-6H. The van der Waals surface area contributed by atoms with Gasteiger partial charge in [0.05, 0.1) is 0 Å². The Morgan fingerprint density at radius 1 is 0.654 bits per heavy atom. The number of aliphatic carboxylic acids is 1. The van der Waals surface area contributed by atoms with E-state index in [1.54, 1.807) is 0 Å². The molecule has 0 radical (unpaired) electrons. The lowest BCUT2D eigenvalue weighted by Gasteiger charge is -1.99. The van der Waals surface area contributed by atoms with Crippen molar-refractivity contribution in [2.75, 3.05) is 0 Å². The van der Waals surface area contributed by atoms with Crippen LogP contribution in [0.15, 0.2) is 48.6 Å². The topological polar surface area (TPSA) is 37.3 Å². The SMILES string of the molecule is CCCCCCCCC=CCCCCCCCC(=O)O.c1ccccc1. The second kappa shape index (κ2) is 21.5. The van der Waals surface area contributed by atoms with E-state index in [0.29, 0.717) is 6.42 Å². The first-order chi connectivity index (χ1) is 12.8. The molecule has 1 rings (SSSR count). The van der Waals surface area contributed by atoms with Crippen molar-refractivity contribution in [2.24, 2.45) is 0 Å². The Morgan fingerprint density at radius 3 is 1.46 bits per heavy atom. The third-order valence-electron chi connectivity index (χ3n) is 4.32. The summed E-state index contributed by atoms with van der Waals surface area (Å²) in [4.78, 5) is 10.3. The molecule has 1 aromatic carbocycles. The normalized spacial score (nSPS) is 10.5. The quantitative estimate of drug-likeness (QED) is 0.256. The summed E-state index contributed by atoms with van der Waals surface area (Å²) >= 11 is 0. The van der Waals surface area contributed by atoms with Gasteiger partial charge in [-0.25, -0.2) is 0 Å². The average molecular weight is 361 g/mol. The van der Waals surface area contributed by atoms with Crippen LogP contribution in [0, 0.1) is 0 Å². The maximum Gasteiger partial charge on any atom is 0.303 e. The van der Waals surface area contributed by atoms with Gasteiger partial charge in [-0.15, -0.1) is 0 Å². The first kappa shape index (κ1) is 24.4. The van der Waals surface area contributed by atoms with Gasteiger partial charge in [0.2, 0.25) is 0 Å². The van der Waals surface area contributed by atoms with Gasteiger partial charge in [-0.05, 0) is 32.1 Å². The number of benzene rings is 1. The minimum Gasteiger partial charge on any atom is -0.481 e. The van der Waals surface area contributed by atoms with E-state index >= 15 is 0 Å². The molecule has 0 saturated heterocycles. The molecule has 0 aliphatic heterocycles. The van der Waals surface area contributed by atoms with Gasteiger partial charge < -0.3 is 5.11 Å². The minimum absolute atomic E-state index is 0.332. The van der Waals surface area contributed by atoms with Gasteiger partial charge in [-0.2, -0.15) is 0 Å². The van der Waals surface area contributed by atoms with Gasteiger partial charge in [-0.1, -0.05) is 107 Å².